The zero-order valence-electron chi connectivity index (χ0n) is 10.5. The van der Waals surface area contributed by atoms with Gasteiger partial charge in [-0.05, 0) is 14.0 Å². The van der Waals surface area contributed by atoms with Crippen LogP contribution in [0.2, 0.25) is 0 Å². The van der Waals surface area contributed by atoms with Crippen molar-refractivity contribution in [2.24, 2.45) is 5.73 Å². The highest BCUT2D eigenvalue weighted by molar-refractivity contribution is 5.69. The fraction of sp³-hybridized carbons (Fsp3) is 0.909. The van der Waals surface area contributed by atoms with E-state index in [9.17, 15) is 4.79 Å². The summed E-state index contributed by atoms with van der Waals surface area (Å²) in [4.78, 5) is 15.8. The molecule has 0 aromatic carbocycles. The van der Waals surface area contributed by atoms with Crippen molar-refractivity contribution < 1.29 is 9.53 Å². The summed E-state index contributed by atoms with van der Waals surface area (Å²) in [5.74, 6) is -0.151. The molecule has 0 radical (unpaired) electrons. The number of carbonyl (C=O) groups excluding carboxylic acids is 1. The van der Waals surface area contributed by atoms with Gasteiger partial charge in [-0.3, -0.25) is 9.69 Å². The third-order valence-electron chi connectivity index (χ3n) is 3.26. The van der Waals surface area contributed by atoms with Crippen molar-refractivity contribution in [3.8, 4) is 0 Å². The van der Waals surface area contributed by atoms with E-state index in [0.29, 0.717) is 19.0 Å². The minimum atomic E-state index is -0.151. The van der Waals surface area contributed by atoms with Gasteiger partial charge in [-0.2, -0.15) is 0 Å². The predicted octanol–water partition coefficient (Wildman–Crippen LogP) is -0.487. The van der Waals surface area contributed by atoms with Crippen LogP contribution in [0.25, 0.3) is 0 Å². The first kappa shape index (κ1) is 13.4. The van der Waals surface area contributed by atoms with Crippen LogP contribution >= 0.6 is 0 Å². The van der Waals surface area contributed by atoms with E-state index >= 15 is 0 Å². The summed E-state index contributed by atoms with van der Waals surface area (Å²) >= 11 is 0. The molecular weight excluding hydrogens is 206 g/mol. The molecule has 1 saturated heterocycles. The highest BCUT2D eigenvalue weighted by atomic mass is 16.5. The fourth-order valence-corrected chi connectivity index (χ4v) is 2.26. The van der Waals surface area contributed by atoms with E-state index in [1.165, 1.54) is 7.11 Å². The Morgan fingerprint density at radius 2 is 2.25 bits per heavy atom. The number of nitrogens with zero attached hydrogens (tertiary/aromatic N) is 2. The number of nitrogens with two attached hydrogens (primary N) is 1. The van der Waals surface area contributed by atoms with E-state index in [2.05, 4.69) is 23.8 Å². The Hall–Kier alpha value is -0.650. The first-order valence-corrected chi connectivity index (χ1v) is 5.79. The third-order valence-corrected chi connectivity index (χ3v) is 3.26. The Morgan fingerprint density at radius 1 is 1.56 bits per heavy atom. The number of rotatable bonds is 4. The van der Waals surface area contributed by atoms with Gasteiger partial charge in [-0.25, -0.2) is 0 Å². The van der Waals surface area contributed by atoms with Gasteiger partial charge in [0.25, 0.3) is 0 Å². The average molecular weight is 229 g/mol. The zero-order valence-corrected chi connectivity index (χ0v) is 10.5. The summed E-state index contributed by atoms with van der Waals surface area (Å²) in [7, 11) is 3.53. The lowest BCUT2D eigenvalue weighted by molar-refractivity contribution is -0.142. The van der Waals surface area contributed by atoms with Gasteiger partial charge in [0.05, 0.1) is 13.5 Å². The topological polar surface area (TPSA) is 58.8 Å². The van der Waals surface area contributed by atoms with E-state index in [4.69, 9.17) is 10.5 Å². The van der Waals surface area contributed by atoms with Gasteiger partial charge in [0.1, 0.15) is 0 Å². The van der Waals surface area contributed by atoms with Gasteiger partial charge in [-0.1, -0.05) is 0 Å². The molecule has 1 aliphatic rings. The maximum atomic E-state index is 11.2. The Morgan fingerprint density at radius 3 is 2.81 bits per heavy atom. The standard InChI is InChI=1S/C11H23N3O2/c1-9(6-11(15)16-3)14-5-4-13(2)8-10(14)7-12/h9-10H,4-8,12H2,1-3H3. The molecule has 94 valence electrons. The SMILES string of the molecule is COC(=O)CC(C)N1CCN(C)CC1CN. The molecule has 0 saturated carbocycles. The highest BCUT2D eigenvalue weighted by Gasteiger charge is 2.28. The van der Waals surface area contributed by atoms with Crippen molar-refractivity contribution >= 4 is 5.97 Å². The molecule has 2 N–H and O–H groups in total. The van der Waals surface area contributed by atoms with Crippen LogP contribution in [0.1, 0.15) is 13.3 Å². The maximum Gasteiger partial charge on any atom is 0.307 e. The van der Waals surface area contributed by atoms with Crippen molar-refractivity contribution in [1.82, 2.24) is 9.80 Å². The molecule has 16 heavy (non-hydrogen) atoms. The molecule has 0 aromatic heterocycles. The van der Waals surface area contributed by atoms with Crippen molar-refractivity contribution in [3.05, 3.63) is 0 Å². The smallest absolute Gasteiger partial charge is 0.307 e. The molecule has 1 aliphatic heterocycles. The first-order valence-electron chi connectivity index (χ1n) is 5.79. The second-order valence-electron chi connectivity index (χ2n) is 4.52. The Labute approximate surface area is 97.5 Å². The highest BCUT2D eigenvalue weighted by Crippen LogP contribution is 2.14. The first-order chi connectivity index (χ1) is 7.58. The van der Waals surface area contributed by atoms with Crippen LogP contribution in [0, 0.1) is 0 Å². The second kappa shape index (κ2) is 6.18. The average Bonchev–Trinajstić information content (AvgIpc) is 2.28. The molecule has 0 aliphatic carbocycles. The molecule has 0 spiro atoms. The van der Waals surface area contributed by atoms with Crippen LogP contribution in [-0.4, -0.2) is 68.2 Å². The number of hydrogen-bond acceptors (Lipinski definition) is 5. The molecular formula is C11H23N3O2. The summed E-state index contributed by atoms with van der Waals surface area (Å²) in [5, 5.41) is 0. The van der Waals surface area contributed by atoms with Crippen LogP contribution in [0.5, 0.6) is 0 Å². The van der Waals surface area contributed by atoms with Crippen molar-refractivity contribution in [3.63, 3.8) is 0 Å². The van der Waals surface area contributed by atoms with Gasteiger partial charge in [0.2, 0.25) is 0 Å². The molecule has 5 heteroatoms. The lowest BCUT2D eigenvalue weighted by Crippen LogP contribution is -2.57. The molecule has 0 aromatic rings. The van der Waals surface area contributed by atoms with E-state index in [1.807, 2.05) is 0 Å². The van der Waals surface area contributed by atoms with Gasteiger partial charge in [-0.15, -0.1) is 0 Å². The van der Waals surface area contributed by atoms with Crippen molar-refractivity contribution in [2.45, 2.75) is 25.4 Å². The predicted molar refractivity (Wildman–Crippen MR) is 63.1 cm³/mol. The number of likely N-dealkylation sites (N-methyl/N-ethyl adjacent to an activating group) is 1. The van der Waals surface area contributed by atoms with E-state index in [-0.39, 0.29) is 12.0 Å². The quantitative estimate of drug-likeness (QED) is 0.659. The van der Waals surface area contributed by atoms with Gasteiger partial charge in [0, 0.05) is 38.3 Å². The largest absolute Gasteiger partial charge is 0.469 e. The maximum absolute atomic E-state index is 11.2. The van der Waals surface area contributed by atoms with E-state index in [1.54, 1.807) is 0 Å². The minimum Gasteiger partial charge on any atom is -0.469 e. The third kappa shape index (κ3) is 3.43. The summed E-state index contributed by atoms with van der Waals surface area (Å²) in [6, 6.07) is 0.549. The number of ether oxygens (including phenoxy) is 1. The molecule has 0 bridgehead atoms. The number of esters is 1. The summed E-state index contributed by atoms with van der Waals surface area (Å²) in [6.45, 7) is 5.67. The minimum absolute atomic E-state index is 0.151. The molecule has 2 atom stereocenters. The normalized spacial score (nSPS) is 25.4. The number of methoxy groups -OCH3 is 1. The molecule has 1 rings (SSSR count). The number of hydrogen-bond donors (Lipinski definition) is 1. The van der Waals surface area contributed by atoms with Crippen LogP contribution in [0.3, 0.4) is 0 Å². The Kier molecular flexibility index (Phi) is 5.18. The summed E-state index contributed by atoms with van der Waals surface area (Å²) in [5.41, 5.74) is 5.77. The molecule has 0 amide bonds. The summed E-state index contributed by atoms with van der Waals surface area (Å²) in [6.07, 6.45) is 0.441. The van der Waals surface area contributed by atoms with Crippen LogP contribution in [-0.2, 0) is 9.53 Å². The van der Waals surface area contributed by atoms with Crippen molar-refractivity contribution in [1.29, 1.82) is 0 Å². The fourth-order valence-electron chi connectivity index (χ4n) is 2.26. The summed E-state index contributed by atoms with van der Waals surface area (Å²) < 4.78 is 4.69. The lowest BCUT2D eigenvalue weighted by Gasteiger charge is -2.42. The van der Waals surface area contributed by atoms with Crippen molar-refractivity contribution in [2.75, 3.05) is 40.3 Å². The molecule has 2 unspecified atom stereocenters. The van der Waals surface area contributed by atoms with Crippen LogP contribution < -0.4 is 5.73 Å². The monoisotopic (exact) mass is 229 g/mol. The van der Waals surface area contributed by atoms with Crippen LogP contribution in [0.15, 0.2) is 0 Å². The van der Waals surface area contributed by atoms with Gasteiger partial charge >= 0.3 is 5.97 Å². The van der Waals surface area contributed by atoms with Gasteiger partial charge in [0.15, 0.2) is 0 Å². The van der Waals surface area contributed by atoms with E-state index < -0.39 is 0 Å². The lowest BCUT2D eigenvalue weighted by atomic mass is 10.1. The Bertz CT molecular complexity index is 235. The molecule has 5 nitrogen and oxygen atoms in total. The van der Waals surface area contributed by atoms with Gasteiger partial charge < -0.3 is 15.4 Å². The number of piperazine rings is 1. The zero-order chi connectivity index (χ0) is 12.1. The molecule has 1 heterocycles. The molecule has 1 fully saturated rings. The number of carbonyl (C=O) groups is 1. The Balaban J connectivity index is 2.52. The van der Waals surface area contributed by atoms with Crippen LogP contribution in [0.4, 0.5) is 0 Å². The van der Waals surface area contributed by atoms with E-state index in [0.717, 1.165) is 19.6 Å². The second-order valence-corrected chi connectivity index (χ2v) is 4.52.